The van der Waals surface area contributed by atoms with Gasteiger partial charge in [-0.1, -0.05) is 48.4 Å². The molecule has 2 aromatic carbocycles. The van der Waals surface area contributed by atoms with Gasteiger partial charge in [-0.25, -0.2) is 4.79 Å². The van der Waals surface area contributed by atoms with Crippen molar-refractivity contribution >= 4 is 29.5 Å². The molecule has 2 aromatic rings. The molecule has 202 valence electrons. The summed E-state index contributed by atoms with van der Waals surface area (Å²) in [7, 11) is 0. The Bertz CT molecular complexity index is 1250. The fourth-order valence-corrected chi connectivity index (χ4v) is 4.02. The van der Waals surface area contributed by atoms with Crippen molar-refractivity contribution in [2.75, 3.05) is 5.32 Å². The highest BCUT2D eigenvalue weighted by Gasteiger charge is 2.37. The van der Waals surface area contributed by atoms with E-state index >= 15 is 0 Å². The van der Waals surface area contributed by atoms with Gasteiger partial charge in [-0.15, -0.1) is 0 Å². The zero-order valence-electron chi connectivity index (χ0n) is 23.0. The first-order chi connectivity index (χ1) is 17.6. The summed E-state index contributed by atoms with van der Waals surface area (Å²) in [6.45, 7) is 12.4. The third-order valence-electron chi connectivity index (χ3n) is 5.73. The monoisotopic (exact) mass is 520 g/mol. The lowest BCUT2D eigenvalue weighted by Crippen LogP contribution is -2.52. The Hall–Kier alpha value is -4.32. The predicted octanol–water partition coefficient (Wildman–Crippen LogP) is 3.79. The van der Waals surface area contributed by atoms with Gasteiger partial charge in [0.05, 0.1) is 6.42 Å². The molecule has 0 saturated heterocycles. The van der Waals surface area contributed by atoms with Crippen LogP contribution in [0.1, 0.15) is 61.1 Å². The number of hydrogen-bond donors (Lipinski definition) is 3. The molecule has 4 amide bonds. The SMILES string of the molecule is C#CN(C(=O)C(CC(N)=O)NC(=O)OC(C)(C)C)C(C(=O)Nc1c(C)cccc1C)c1ccc(C)cc1C. The molecule has 2 atom stereocenters. The first kappa shape index (κ1) is 29.9. The smallest absolute Gasteiger partial charge is 0.408 e. The summed E-state index contributed by atoms with van der Waals surface area (Å²) < 4.78 is 5.24. The van der Waals surface area contributed by atoms with Gasteiger partial charge in [0.2, 0.25) is 5.91 Å². The third kappa shape index (κ3) is 7.84. The van der Waals surface area contributed by atoms with Crippen LogP contribution in [0.2, 0.25) is 0 Å². The summed E-state index contributed by atoms with van der Waals surface area (Å²) in [5, 5.41) is 5.28. The Morgan fingerprint density at radius 1 is 1.03 bits per heavy atom. The van der Waals surface area contributed by atoms with Crippen LogP contribution in [0.15, 0.2) is 36.4 Å². The lowest BCUT2D eigenvalue weighted by Gasteiger charge is -2.31. The van der Waals surface area contributed by atoms with E-state index < -0.39 is 47.9 Å². The average molecular weight is 521 g/mol. The zero-order valence-corrected chi connectivity index (χ0v) is 23.0. The van der Waals surface area contributed by atoms with E-state index in [0.29, 0.717) is 11.3 Å². The molecule has 9 nitrogen and oxygen atoms in total. The van der Waals surface area contributed by atoms with Crippen molar-refractivity contribution in [1.82, 2.24) is 10.2 Å². The van der Waals surface area contributed by atoms with Crippen molar-refractivity contribution in [2.45, 2.75) is 72.6 Å². The topological polar surface area (TPSA) is 131 Å². The van der Waals surface area contributed by atoms with Crippen LogP contribution in [-0.2, 0) is 19.1 Å². The molecule has 0 aliphatic heterocycles. The molecule has 0 aliphatic carbocycles. The first-order valence-corrected chi connectivity index (χ1v) is 12.2. The molecule has 9 heteroatoms. The molecule has 0 aromatic heterocycles. The molecule has 4 N–H and O–H groups in total. The number of benzene rings is 2. The van der Waals surface area contributed by atoms with Gasteiger partial charge in [0.15, 0.2) is 0 Å². The maximum absolute atomic E-state index is 13.8. The number of carbonyl (C=O) groups excluding carboxylic acids is 4. The molecule has 0 bridgehead atoms. The highest BCUT2D eigenvalue weighted by molar-refractivity contribution is 6.01. The lowest BCUT2D eigenvalue weighted by molar-refractivity contribution is -0.138. The van der Waals surface area contributed by atoms with E-state index in [4.69, 9.17) is 16.9 Å². The Morgan fingerprint density at radius 2 is 1.63 bits per heavy atom. The number of nitrogens with one attached hydrogen (secondary N) is 2. The normalized spacial score (nSPS) is 12.5. The second kappa shape index (κ2) is 12.3. The molecule has 2 unspecified atom stereocenters. The summed E-state index contributed by atoms with van der Waals surface area (Å²) in [6, 6.07) is 10.5. The number of rotatable bonds is 8. The van der Waals surface area contributed by atoms with Gasteiger partial charge in [0.1, 0.15) is 17.7 Å². The van der Waals surface area contributed by atoms with Crippen LogP contribution in [0, 0.1) is 40.2 Å². The van der Waals surface area contributed by atoms with E-state index in [1.54, 1.807) is 39.8 Å². The quantitative estimate of drug-likeness (QED) is 0.360. The summed E-state index contributed by atoms with van der Waals surface area (Å²) in [6.07, 6.45) is 4.32. The highest BCUT2D eigenvalue weighted by Crippen LogP contribution is 2.29. The summed E-state index contributed by atoms with van der Waals surface area (Å²) in [5.41, 5.74) is 8.93. The number of nitrogens with zero attached hydrogens (tertiary/aromatic N) is 1. The number of terminal acetylenes is 1. The summed E-state index contributed by atoms with van der Waals surface area (Å²) in [5.74, 6) is -2.27. The van der Waals surface area contributed by atoms with Gasteiger partial charge in [0, 0.05) is 11.7 Å². The van der Waals surface area contributed by atoms with E-state index in [-0.39, 0.29) is 0 Å². The van der Waals surface area contributed by atoms with E-state index in [2.05, 4.69) is 16.7 Å². The Kier molecular flexibility index (Phi) is 9.66. The van der Waals surface area contributed by atoms with Crippen molar-refractivity contribution in [3.63, 3.8) is 0 Å². The molecule has 0 spiro atoms. The molecule has 0 fully saturated rings. The van der Waals surface area contributed by atoms with Crippen LogP contribution in [0.5, 0.6) is 0 Å². The number of amides is 4. The lowest BCUT2D eigenvalue weighted by atomic mass is 9.96. The maximum Gasteiger partial charge on any atom is 0.408 e. The number of ether oxygens (including phenoxy) is 1. The molecule has 38 heavy (non-hydrogen) atoms. The minimum absolute atomic E-state index is 0.487. The van der Waals surface area contributed by atoms with Crippen molar-refractivity contribution in [1.29, 1.82) is 0 Å². The van der Waals surface area contributed by atoms with E-state index in [1.807, 2.05) is 45.0 Å². The van der Waals surface area contributed by atoms with Gasteiger partial charge in [-0.2, -0.15) is 0 Å². The first-order valence-electron chi connectivity index (χ1n) is 12.2. The van der Waals surface area contributed by atoms with Gasteiger partial charge in [-0.3, -0.25) is 19.3 Å². The summed E-state index contributed by atoms with van der Waals surface area (Å²) >= 11 is 0. The van der Waals surface area contributed by atoms with Crippen LogP contribution in [0.4, 0.5) is 10.5 Å². The largest absolute Gasteiger partial charge is 0.444 e. The van der Waals surface area contributed by atoms with Crippen LogP contribution < -0.4 is 16.4 Å². The van der Waals surface area contributed by atoms with E-state index in [1.165, 1.54) is 0 Å². The van der Waals surface area contributed by atoms with E-state index in [0.717, 1.165) is 27.2 Å². The number of aryl methyl sites for hydroxylation is 4. The maximum atomic E-state index is 13.8. The Labute approximate surface area is 224 Å². The van der Waals surface area contributed by atoms with Gasteiger partial charge >= 0.3 is 6.09 Å². The number of hydrogen-bond acceptors (Lipinski definition) is 5. The van der Waals surface area contributed by atoms with Crippen molar-refractivity contribution in [3.8, 4) is 12.5 Å². The number of primary amides is 1. The molecule has 2 rings (SSSR count). The predicted molar refractivity (Wildman–Crippen MR) is 146 cm³/mol. The van der Waals surface area contributed by atoms with Crippen LogP contribution in [-0.4, -0.2) is 40.4 Å². The second-order valence-electron chi connectivity index (χ2n) is 10.2. The Balaban J connectivity index is 2.56. The number of alkyl carbamates (subject to hydrolysis) is 1. The van der Waals surface area contributed by atoms with Crippen molar-refractivity contribution < 1.29 is 23.9 Å². The van der Waals surface area contributed by atoms with Crippen LogP contribution in [0.3, 0.4) is 0 Å². The summed E-state index contributed by atoms with van der Waals surface area (Å²) in [4.78, 5) is 52.7. The number of para-hydroxylation sites is 1. The van der Waals surface area contributed by atoms with E-state index in [9.17, 15) is 19.2 Å². The molecular weight excluding hydrogens is 484 g/mol. The fraction of sp³-hybridized carbons (Fsp3) is 0.379. The van der Waals surface area contributed by atoms with Crippen molar-refractivity contribution in [3.05, 3.63) is 64.2 Å². The minimum Gasteiger partial charge on any atom is -0.444 e. The van der Waals surface area contributed by atoms with Gasteiger partial charge < -0.3 is 21.1 Å². The third-order valence-corrected chi connectivity index (χ3v) is 5.73. The molecule has 0 heterocycles. The Morgan fingerprint density at radius 3 is 2.13 bits per heavy atom. The average Bonchev–Trinajstić information content (AvgIpc) is 2.78. The molecule has 0 radical (unpaired) electrons. The molecular formula is C29H36N4O5. The van der Waals surface area contributed by atoms with Crippen molar-refractivity contribution in [2.24, 2.45) is 5.73 Å². The number of nitrogens with two attached hydrogens (primary N) is 1. The molecule has 0 saturated carbocycles. The number of anilines is 1. The molecule has 0 aliphatic rings. The zero-order chi connectivity index (χ0) is 28.8. The standard InChI is InChI=1S/C29H36N4O5/c1-9-33(27(36)22(16-23(30)34)31-28(37)38-29(6,7)8)25(21-14-13-17(2)15-20(21)5)26(35)32-24-18(3)11-10-12-19(24)4/h1,10-15,22,25H,16H2,2-8H3,(H2,30,34)(H,31,37)(H,32,35). The van der Waals surface area contributed by atoms with Crippen LogP contribution >= 0.6 is 0 Å². The fourth-order valence-electron chi connectivity index (χ4n) is 4.02. The highest BCUT2D eigenvalue weighted by atomic mass is 16.6. The van der Waals surface area contributed by atoms with Gasteiger partial charge in [-0.05, 0) is 70.7 Å². The van der Waals surface area contributed by atoms with Gasteiger partial charge in [0.25, 0.3) is 11.8 Å². The number of carbonyl (C=O) groups is 4. The van der Waals surface area contributed by atoms with Crippen LogP contribution in [0.25, 0.3) is 0 Å². The minimum atomic E-state index is -1.46. The second-order valence-corrected chi connectivity index (χ2v) is 10.2.